The van der Waals surface area contributed by atoms with E-state index in [1.54, 1.807) is 4.80 Å². The van der Waals surface area contributed by atoms with E-state index in [2.05, 4.69) is 35.8 Å². The van der Waals surface area contributed by atoms with Crippen LogP contribution in [0.5, 0.6) is 0 Å². The predicted octanol–water partition coefficient (Wildman–Crippen LogP) is 6.71. The van der Waals surface area contributed by atoms with Crippen molar-refractivity contribution in [2.24, 2.45) is 0 Å². The highest BCUT2D eigenvalue weighted by molar-refractivity contribution is 7.98. The standard InChI is InChI=1S/C42H40BF2N5OS/c1-2-28-18-19-30-26-52-27-38(36(30)22-28)46-25-39(51)37(23-29-20-34(44)24-35(45)21-29)47-41-40(43)48-50(49-41)42(31-12-6-3-7-13-31,32-14-8-4-9-15-32)33-16-10-5-11-17-33/h3-22,24,37-39,46,51H,2,23,25-27H2,1H3,(H,47,49). The van der Waals surface area contributed by atoms with Gasteiger partial charge in [0.2, 0.25) is 0 Å². The summed E-state index contributed by atoms with van der Waals surface area (Å²) in [6, 6.07) is 39.3. The summed E-state index contributed by atoms with van der Waals surface area (Å²) in [6.45, 7) is 2.36. The van der Waals surface area contributed by atoms with Crippen molar-refractivity contribution in [1.29, 1.82) is 0 Å². The summed E-state index contributed by atoms with van der Waals surface area (Å²) < 4.78 is 28.8. The number of aliphatic hydroxyl groups excluding tert-OH is 1. The molecule has 1 aliphatic heterocycles. The second-order valence-electron chi connectivity index (χ2n) is 13.2. The number of aromatic nitrogens is 3. The number of fused-ring (bicyclic) bond motifs is 1. The maximum absolute atomic E-state index is 14.4. The zero-order valence-electron chi connectivity index (χ0n) is 28.9. The first-order valence-corrected chi connectivity index (χ1v) is 18.7. The van der Waals surface area contributed by atoms with Gasteiger partial charge in [-0.15, -0.1) is 5.10 Å². The fraction of sp³-hybridized carbons (Fsp3) is 0.238. The van der Waals surface area contributed by atoms with Crippen LogP contribution in [0.25, 0.3) is 0 Å². The first-order chi connectivity index (χ1) is 25.3. The topological polar surface area (TPSA) is 75.0 Å². The lowest BCUT2D eigenvalue weighted by Crippen LogP contribution is -2.44. The Hall–Kier alpha value is -4.77. The maximum atomic E-state index is 14.4. The number of aryl methyl sites for hydroxylation is 1. The SMILES string of the molecule is [B]c1nn(C(c2ccccc2)(c2ccccc2)c2ccccc2)nc1NC(Cc1cc(F)cc(F)c1)C(O)CNC1CSCc2ccc(CC)cc21. The van der Waals surface area contributed by atoms with Gasteiger partial charge in [-0.2, -0.15) is 21.7 Å². The van der Waals surface area contributed by atoms with Crippen LogP contribution < -0.4 is 16.2 Å². The van der Waals surface area contributed by atoms with Gasteiger partial charge in [-0.1, -0.05) is 116 Å². The van der Waals surface area contributed by atoms with Gasteiger partial charge in [0.1, 0.15) is 19.5 Å². The van der Waals surface area contributed by atoms with E-state index in [1.165, 1.54) is 28.8 Å². The highest BCUT2D eigenvalue weighted by Crippen LogP contribution is 2.40. The molecule has 1 aliphatic rings. The molecular formula is C42H40BF2N5OS. The Morgan fingerprint density at radius 2 is 1.42 bits per heavy atom. The number of nitrogens with one attached hydrogen (secondary N) is 2. The summed E-state index contributed by atoms with van der Waals surface area (Å²) in [4.78, 5) is 1.62. The third-order valence-electron chi connectivity index (χ3n) is 9.79. The molecular weight excluding hydrogens is 671 g/mol. The molecule has 5 aromatic carbocycles. The first kappa shape index (κ1) is 35.6. The first-order valence-electron chi connectivity index (χ1n) is 17.6. The van der Waals surface area contributed by atoms with Crippen LogP contribution >= 0.6 is 11.8 Å². The number of aliphatic hydroxyl groups is 1. The molecule has 7 rings (SSSR count). The average molecular weight is 712 g/mol. The Morgan fingerprint density at radius 1 is 0.827 bits per heavy atom. The van der Waals surface area contributed by atoms with Crippen molar-refractivity contribution in [2.75, 3.05) is 17.6 Å². The lowest BCUT2D eigenvalue weighted by molar-refractivity contribution is 0.145. The van der Waals surface area contributed by atoms with Crippen LogP contribution in [0.15, 0.2) is 127 Å². The van der Waals surface area contributed by atoms with Crippen molar-refractivity contribution < 1.29 is 13.9 Å². The number of nitrogens with zero attached hydrogens (tertiary/aromatic N) is 3. The van der Waals surface area contributed by atoms with E-state index in [0.29, 0.717) is 5.56 Å². The zero-order chi connectivity index (χ0) is 36.1. The molecule has 2 heterocycles. The van der Waals surface area contributed by atoms with Crippen LogP contribution in [-0.2, 0) is 24.1 Å². The van der Waals surface area contributed by atoms with Crippen molar-refractivity contribution in [3.63, 3.8) is 0 Å². The molecule has 262 valence electrons. The minimum Gasteiger partial charge on any atom is -0.390 e. The molecule has 0 spiro atoms. The maximum Gasteiger partial charge on any atom is 0.161 e. The number of anilines is 1. The molecule has 2 radical (unpaired) electrons. The van der Waals surface area contributed by atoms with E-state index in [4.69, 9.17) is 18.0 Å². The molecule has 10 heteroatoms. The summed E-state index contributed by atoms with van der Waals surface area (Å²) in [5.74, 6) is 0.683. The molecule has 0 amide bonds. The third kappa shape index (κ3) is 7.42. The normalized spacial score (nSPS) is 15.5. The van der Waals surface area contributed by atoms with Gasteiger partial charge in [0.25, 0.3) is 0 Å². The van der Waals surface area contributed by atoms with E-state index in [-0.39, 0.29) is 30.4 Å². The van der Waals surface area contributed by atoms with Gasteiger partial charge in [-0.3, -0.25) is 0 Å². The van der Waals surface area contributed by atoms with Crippen LogP contribution in [-0.4, -0.2) is 52.4 Å². The van der Waals surface area contributed by atoms with E-state index in [9.17, 15) is 13.9 Å². The Morgan fingerprint density at radius 3 is 2.00 bits per heavy atom. The largest absolute Gasteiger partial charge is 0.390 e. The Kier molecular flexibility index (Phi) is 10.9. The lowest BCUT2D eigenvalue weighted by atomic mass is 9.77. The van der Waals surface area contributed by atoms with Gasteiger partial charge in [0.05, 0.1) is 17.7 Å². The molecule has 3 N–H and O–H groups in total. The van der Waals surface area contributed by atoms with Crippen LogP contribution in [0.3, 0.4) is 0 Å². The highest BCUT2D eigenvalue weighted by Gasteiger charge is 2.41. The molecule has 6 nitrogen and oxygen atoms in total. The van der Waals surface area contributed by atoms with Gasteiger partial charge in [-0.05, 0) is 63.9 Å². The van der Waals surface area contributed by atoms with Gasteiger partial charge >= 0.3 is 0 Å². The molecule has 52 heavy (non-hydrogen) atoms. The second-order valence-corrected chi connectivity index (χ2v) is 14.2. The molecule has 0 aliphatic carbocycles. The van der Waals surface area contributed by atoms with Crippen molar-refractivity contribution in [2.45, 2.75) is 49.2 Å². The molecule has 0 fully saturated rings. The molecule has 0 saturated carbocycles. The van der Waals surface area contributed by atoms with Crippen molar-refractivity contribution in [3.8, 4) is 0 Å². The molecule has 6 aromatic rings. The van der Waals surface area contributed by atoms with Crippen LogP contribution in [0, 0.1) is 11.6 Å². The summed E-state index contributed by atoms with van der Waals surface area (Å²) in [7, 11) is 6.66. The van der Waals surface area contributed by atoms with Crippen LogP contribution in [0.4, 0.5) is 14.6 Å². The Bertz CT molecular complexity index is 1980. The Labute approximate surface area is 309 Å². The van der Waals surface area contributed by atoms with Crippen molar-refractivity contribution in [3.05, 3.63) is 178 Å². The zero-order valence-corrected chi connectivity index (χ0v) is 29.7. The smallest absolute Gasteiger partial charge is 0.161 e. The fourth-order valence-electron chi connectivity index (χ4n) is 7.17. The van der Waals surface area contributed by atoms with Crippen LogP contribution in [0.2, 0.25) is 0 Å². The van der Waals surface area contributed by atoms with Crippen LogP contribution in [0.1, 0.15) is 51.9 Å². The van der Waals surface area contributed by atoms with Gasteiger partial charge in [0, 0.05) is 30.2 Å². The number of benzene rings is 5. The third-order valence-corrected chi connectivity index (χ3v) is 10.9. The molecule has 3 atom stereocenters. The van der Waals surface area contributed by atoms with E-state index in [0.717, 1.165) is 40.7 Å². The lowest BCUT2D eigenvalue weighted by Gasteiger charge is -2.35. The van der Waals surface area contributed by atoms with E-state index in [1.807, 2.05) is 103 Å². The summed E-state index contributed by atoms with van der Waals surface area (Å²) in [5, 5.41) is 28.6. The predicted molar refractivity (Wildman–Crippen MR) is 206 cm³/mol. The van der Waals surface area contributed by atoms with Crippen molar-refractivity contribution >= 4 is 31.0 Å². The second kappa shape index (κ2) is 15.9. The quantitative estimate of drug-likeness (QED) is 0.0914. The van der Waals surface area contributed by atoms with Crippen molar-refractivity contribution in [1.82, 2.24) is 20.3 Å². The van der Waals surface area contributed by atoms with E-state index < -0.39 is 29.3 Å². The average Bonchev–Trinajstić information content (AvgIpc) is 3.53. The van der Waals surface area contributed by atoms with Gasteiger partial charge < -0.3 is 15.7 Å². The fourth-order valence-corrected chi connectivity index (χ4v) is 8.30. The number of hydrogen-bond donors (Lipinski definition) is 3. The number of rotatable bonds is 13. The Balaban J connectivity index is 1.25. The summed E-state index contributed by atoms with van der Waals surface area (Å²) >= 11 is 1.85. The minimum absolute atomic E-state index is 0.0383. The number of thioether (sulfide) groups is 1. The van der Waals surface area contributed by atoms with Gasteiger partial charge in [0.15, 0.2) is 11.4 Å². The summed E-state index contributed by atoms with van der Waals surface area (Å²) in [6.07, 6.45) is 0.0394. The molecule has 1 aromatic heterocycles. The summed E-state index contributed by atoms with van der Waals surface area (Å²) in [5.41, 5.74) is 6.04. The molecule has 0 saturated heterocycles. The molecule has 3 unspecified atom stereocenters. The monoisotopic (exact) mass is 711 g/mol. The minimum atomic E-state index is -1.01. The molecule has 0 bridgehead atoms. The highest BCUT2D eigenvalue weighted by atomic mass is 32.2. The number of hydrogen-bond acceptors (Lipinski definition) is 6. The van der Waals surface area contributed by atoms with E-state index >= 15 is 0 Å². The van der Waals surface area contributed by atoms with Gasteiger partial charge in [-0.25, -0.2) is 8.78 Å². The number of halogens is 2.